The summed E-state index contributed by atoms with van der Waals surface area (Å²) in [6, 6.07) is 10.3. The van der Waals surface area contributed by atoms with Crippen molar-refractivity contribution in [2.24, 2.45) is 5.92 Å². The van der Waals surface area contributed by atoms with Crippen molar-refractivity contribution in [2.45, 2.75) is 63.5 Å². The van der Waals surface area contributed by atoms with Gasteiger partial charge in [-0.25, -0.2) is 0 Å². The molecule has 0 saturated heterocycles. The van der Waals surface area contributed by atoms with Crippen molar-refractivity contribution >= 4 is 5.91 Å². The van der Waals surface area contributed by atoms with Gasteiger partial charge in [-0.3, -0.25) is 4.79 Å². The summed E-state index contributed by atoms with van der Waals surface area (Å²) in [6.45, 7) is 0.925. The predicted octanol–water partition coefficient (Wildman–Crippen LogP) is 3.57. The third kappa shape index (κ3) is 4.57. The van der Waals surface area contributed by atoms with E-state index in [1.807, 2.05) is 30.3 Å². The second kappa shape index (κ2) is 7.77. The molecule has 0 aromatic heterocycles. The number of carbonyl (C=O) groups excluding carboxylic acids is 1. The quantitative estimate of drug-likeness (QED) is 0.721. The fourth-order valence-corrected chi connectivity index (χ4v) is 3.46. The third-order valence-electron chi connectivity index (χ3n) is 4.93. The topological polar surface area (TPSA) is 41.1 Å². The molecule has 0 aliphatic heterocycles. The maximum Gasteiger partial charge on any atom is 0.241 e. The lowest BCUT2D eigenvalue weighted by Gasteiger charge is -2.19. The molecule has 120 valence electrons. The molecule has 1 aromatic carbocycles. The predicted molar refractivity (Wildman–Crippen MR) is 89.5 cm³/mol. The average Bonchev–Trinajstić information content (AvgIpc) is 3.20. The molecule has 2 aliphatic rings. The molecule has 1 unspecified atom stereocenters. The van der Waals surface area contributed by atoms with Gasteiger partial charge in [0.2, 0.25) is 5.91 Å². The maximum atomic E-state index is 12.5. The second-order valence-corrected chi connectivity index (χ2v) is 6.87. The van der Waals surface area contributed by atoms with E-state index in [2.05, 4.69) is 10.6 Å². The van der Waals surface area contributed by atoms with Crippen molar-refractivity contribution in [2.75, 3.05) is 6.54 Å². The van der Waals surface area contributed by atoms with Crippen LogP contribution in [-0.4, -0.2) is 18.5 Å². The van der Waals surface area contributed by atoms with Crippen LogP contribution >= 0.6 is 0 Å². The molecular formula is C19H28N2O. The Morgan fingerprint density at radius 1 is 1.09 bits per heavy atom. The average molecular weight is 300 g/mol. The lowest BCUT2D eigenvalue weighted by Crippen LogP contribution is -2.39. The number of nitrogens with one attached hydrogen (secondary N) is 2. The Labute approximate surface area is 133 Å². The van der Waals surface area contributed by atoms with Crippen molar-refractivity contribution in [1.29, 1.82) is 0 Å². The van der Waals surface area contributed by atoms with E-state index >= 15 is 0 Å². The highest BCUT2D eigenvalue weighted by atomic mass is 16.2. The van der Waals surface area contributed by atoms with Gasteiger partial charge < -0.3 is 10.6 Å². The largest absolute Gasteiger partial charge is 0.352 e. The van der Waals surface area contributed by atoms with E-state index in [1.54, 1.807) is 0 Å². The Morgan fingerprint density at radius 2 is 1.82 bits per heavy atom. The summed E-state index contributed by atoms with van der Waals surface area (Å²) < 4.78 is 0. The first kappa shape index (κ1) is 15.5. The molecule has 22 heavy (non-hydrogen) atoms. The highest BCUT2D eigenvalue weighted by molar-refractivity contribution is 5.83. The van der Waals surface area contributed by atoms with E-state index in [0.29, 0.717) is 6.04 Å². The zero-order chi connectivity index (χ0) is 15.2. The molecule has 0 spiro atoms. The van der Waals surface area contributed by atoms with Gasteiger partial charge in [0.15, 0.2) is 0 Å². The van der Waals surface area contributed by atoms with Crippen LogP contribution in [0.25, 0.3) is 0 Å². The van der Waals surface area contributed by atoms with Gasteiger partial charge in [0, 0.05) is 6.04 Å². The van der Waals surface area contributed by atoms with Crippen LogP contribution in [-0.2, 0) is 4.79 Å². The minimum absolute atomic E-state index is 0.134. The highest BCUT2D eigenvalue weighted by Crippen LogP contribution is 2.28. The summed E-state index contributed by atoms with van der Waals surface area (Å²) in [7, 11) is 0. The molecule has 2 aliphatic carbocycles. The van der Waals surface area contributed by atoms with Gasteiger partial charge in [-0.1, -0.05) is 56.0 Å². The Balaban J connectivity index is 1.50. The van der Waals surface area contributed by atoms with Crippen molar-refractivity contribution < 1.29 is 4.79 Å². The molecular weight excluding hydrogens is 272 g/mol. The van der Waals surface area contributed by atoms with Crippen molar-refractivity contribution in [3.8, 4) is 0 Å². The van der Waals surface area contributed by atoms with Gasteiger partial charge in [0.05, 0.1) is 0 Å². The molecule has 2 fully saturated rings. The maximum absolute atomic E-state index is 12.5. The van der Waals surface area contributed by atoms with E-state index in [1.165, 1.54) is 38.5 Å². The Kier molecular flexibility index (Phi) is 5.49. The minimum atomic E-state index is -0.203. The number of rotatable bonds is 8. The smallest absolute Gasteiger partial charge is 0.241 e. The molecule has 2 N–H and O–H groups in total. The monoisotopic (exact) mass is 300 g/mol. The van der Waals surface area contributed by atoms with Crippen molar-refractivity contribution in [1.82, 2.24) is 10.6 Å². The minimum Gasteiger partial charge on any atom is -0.352 e. The second-order valence-electron chi connectivity index (χ2n) is 6.87. The SMILES string of the molecule is O=C(NC1CC1)C(NCCCC1CCCC1)c1ccccc1. The summed E-state index contributed by atoms with van der Waals surface area (Å²) in [6.07, 6.45) is 10.4. The van der Waals surface area contributed by atoms with E-state index in [9.17, 15) is 4.79 Å². The molecule has 1 aromatic rings. The summed E-state index contributed by atoms with van der Waals surface area (Å²) >= 11 is 0. The van der Waals surface area contributed by atoms with Crippen LogP contribution in [0.3, 0.4) is 0 Å². The number of carbonyl (C=O) groups is 1. The van der Waals surface area contributed by atoms with Crippen LogP contribution in [0.4, 0.5) is 0 Å². The lowest BCUT2D eigenvalue weighted by molar-refractivity contribution is -0.123. The van der Waals surface area contributed by atoms with Gasteiger partial charge >= 0.3 is 0 Å². The van der Waals surface area contributed by atoms with E-state index in [0.717, 1.165) is 30.9 Å². The normalized spacial score (nSPS) is 20.0. The summed E-state index contributed by atoms with van der Waals surface area (Å²) in [5.41, 5.74) is 1.07. The lowest BCUT2D eigenvalue weighted by atomic mass is 10.0. The number of hydrogen-bond acceptors (Lipinski definition) is 2. The van der Waals surface area contributed by atoms with Crippen LogP contribution in [0.15, 0.2) is 30.3 Å². The van der Waals surface area contributed by atoms with Gasteiger partial charge in [-0.05, 0) is 43.7 Å². The molecule has 0 bridgehead atoms. The first-order valence-corrected chi connectivity index (χ1v) is 8.91. The summed E-state index contributed by atoms with van der Waals surface area (Å²) in [5, 5.41) is 6.61. The number of amides is 1. The molecule has 0 radical (unpaired) electrons. The highest BCUT2D eigenvalue weighted by Gasteiger charge is 2.28. The van der Waals surface area contributed by atoms with Crippen LogP contribution < -0.4 is 10.6 Å². The van der Waals surface area contributed by atoms with E-state index < -0.39 is 0 Å². The van der Waals surface area contributed by atoms with E-state index in [4.69, 9.17) is 0 Å². The summed E-state index contributed by atoms with van der Waals surface area (Å²) in [4.78, 5) is 12.5. The van der Waals surface area contributed by atoms with Gasteiger partial charge in [-0.15, -0.1) is 0 Å². The third-order valence-corrected chi connectivity index (χ3v) is 4.93. The van der Waals surface area contributed by atoms with Crippen molar-refractivity contribution in [3.63, 3.8) is 0 Å². The van der Waals surface area contributed by atoms with Crippen molar-refractivity contribution in [3.05, 3.63) is 35.9 Å². The zero-order valence-corrected chi connectivity index (χ0v) is 13.4. The molecule has 1 amide bonds. The molecule has 3 nitrogen and oxygen atoms in total. The van der Waals surface area contributed by atoms with Crippen LogP contribution in [0.2, 0.25) is 0 Å². The Hall–Kier alpha value is -1.35. The number of benzene rings is 1. The van der Waals surface area contributed by atoms with Crippen LogP contribution in [0, 0.1) is 5.92 Å². The molecule has 3 rings (SSSR count). The fourth-order valence-electron chi connectivity index (χ4n) is 3.46. The van der Waals surface area contributed by atoms with Crippen LogP contribution in [0.1, 0.15) is 63.0 Å². The molecule has 3 heteroatoms. The first-order valence-electron chi connectivity index (χ1n) is 8.91. The van der Waals surface area contributed by atoms with Crippen LogP contribution in [0.5, 0.6) is 0 Å². The molecule has 0 heterocycles. The molecule has 2 saturated carbocycles. The van der Waals surface area contributed by atoms with Gasteiger partial charge in [-0.2, -0.15) is 0 Å². The zero-order valence-electron chi connectivity index (χ0n) is 13.4. The van der Waals surface area contributed by atoms with E-state index in [-0.39, 0.29) is 11.9 Å². The fraction of sp³-hybridized carbons (Fsp3) is 0.632. The summed E-state index contributed by atoms with van der Waals surface area (Å²) in [5.74, 6) is 1.06. The van der Waals surface area contributed by atoms with Gasteiger partial charge in [0.25, 0.3) is 0 Å². The number of hydrogen-bond donors (Lipinski definition) is 2. The van der Waals surface area contributed by atoms with Gasteiger partial charge in [0.1, 0.15) is 6.04 Å². The Morgan fingerprint density at radius 3 is 2.50 bits per heavy atom. The first-order chi connectivity index (χ1) is 10.8. The molecule has 1 atom stereocenters. The Bertz CT molecular complexity index is 464. The standard InChI is InChI=1S/C19H28N2O/c22-19(21-17-12-13-17)18(16-10-2-1-3-11-16)20-14-6-9-15-7-4-5-8-15/h1-3,10-11,15,17-18,20H,4-9,12-14H2,(H,21,22).